The molecule has 0 unspecified atom stereocenters. The molecule has 92 valence electrons. The molecule has 0 amide bonds. The fourth-order valence-electron chi connectivity index (χ4n) is 2.06. The van der Waals surface area contributed by atoms with Crippen molar-refractivity contribution in [1.82, 2.24) is 20.3 Å². The van der Waals surface area contributed by atoms with Crippen LogP contribution in [0.4, 0.5) is 0 Å². The molecule has 0 atom stereocenters. The van der Waals surface area contributed by atoms with E-state index in [4.69, 9.17) is 4.42 Å². The number of nitrogens with zero attached hydrogens (tertiary/aromatic N) is 2. The van der Waals surface area contributed by atoms with Gasteiger partial charge in [-0.2, -0.15) is 0 Å². The maximum Gasteiger partial charge on any atom is 0.181 e. The molecule has 0 saturated carbocycles. The molecule has 0 bridgehead atoms. The van der Waals surface area contributed by atoms with Crippen molar-refractivity contribution in [1.29, 1.82) is 0 Å². The molecule has 2 heterocycles. The van der Waals surface area contributed by atoms with Gasteiger partial charge in [0.15, 0.2) is 12.0 Å². The first kappa shape index (κ1) is 11.0. The minimum absolute atomic E-state index is 0.728. The van der Waals surface area contributed by atoms with Crippen molar-refractivity contribution < 1.29 is 4.42 Å². The maximum atomic E-state index is 5.31. The van der Waals surface area contributed by atoms with Crippen LogP contribution in [0, 0.1) is 6.92 Å². The molecule has 2 N–H and O–H groups in total. The minimum Gasteiger partial charge on any atom is -0.443 e. The fourth-order valence-corrected chi connectivity index (χ4v) is 2.06. The molecule has 3 aromatic rings. The third-order valence-electron chi connectivity index (χ3n) is 2.88. The van der Waals surface area contributed by atoms with Crippen molar-refractivity contribution >= 4 is 11.1 Å². The highest BCUT2D eigenvalue weighted by molar-refractivity contribution is 5.79. The van der Waals surface area contributed by atoms with Gasteiger partial charge >= 0.3 is 0 Å². The van der Waals surface area contributed by atoms with E-state index in [-0.39, 0.29) is 0 Å². The second-order valence-corrected chi connectivity index (χ2v) is 4.22. The van der Waals surface area contributed by atoms with Gasteiger partial charge in [0.05, 0.1) is 12.2 Å². The summed E-state index contributed by atoms with van der Waals surface area (Å²) < 4.78 is 5.31. The smallest absolute Gasteiger partial charge is 0.181 e. The Kier molecular flexibility index (Phi) is 2.60. The lowest BCUT2D eigenvalue weighted by molar-refractivity contribution is 0.602. The molecule has 0 radical (unpaired) electrons. The number of aryl methyl sites for hydroxylation is 1. The van der Waals surface area contributed by atoms with E-state index < -0.39 is 0 Å². The van der Waals surface area contributed by atoms with Crippen molar-refractivity contribution in [2.75, 3.05) is 7.05 Å². The Hall–Kier alpha value is -2.14. The lowest BCUT2D eigenvalue weighted by Crippen LogP contribution is -2.06. The van der Waals surface area contributed by atoms with Gasteiger partial charge in [0.2, 0.25) is 0 Å². The molecule has 0 aliphatic rings. The first-order valence-corrected chi connectivity index (χ1v) is 5.81. The number of aromatic nitrogens is 3. The zero-order valence-electron chi connectivity index (χ0n) is 10.3. The highest BCUT2D eigenvalue weighted by Gasteiger charge is 2.10. The Morgan fingerprint density at radius 3 is 3.11 bits per heavy atom. The Morgan fingerprint density at radius 2 is 2.28 bits per heavy atom. The quantitative estimate of drug-likeness (QED) is 0.739. The van der Waals surface area contributed by atoms with Crippen LogP contribution in [0.3, 0.4) is 0 Å². The van der Waals surface area contributed by atoms with Gasteiger partial charge in [-0.25, -0.2) is 9.97 Å². The van der Waals surface area contributed by atoms with Crippen molar-refractivity contribution in [3.63, 3.8) is 0 Å². The summed E-state index contributed by atoms with van der Waals surface area (Å²) >= 11 is 0. The number of H-pyrrole nitrogens is 1. The first-order valence-electron chi connectivity index (χ1n) is 5.81. The fraction of sp³-hybridized carbons (Fsp3) is 0.231. The van der Waals surface area contributed by atoms with Crippen molar-refractivity contribution in [2.24, 2.45) is 0 Å². The van der Waals surface area contributed by atoms with E-state index in [1.165, 1.54) is 6.39 Å². The molecule has 0 fully saturated rings. The molecule has 18 heavy (non-hydrogen) atoms. The number of hydrogen-bond donors (Lipinski definition) is 2. The van der Waals surface area contributed by atoms with Gasteiger partial charge in [-0.1, -0.05) is 6.07 Å². The third-order valence-corrected chi connectivity index (χ3v) is 2.88. The predicted octanol–water partition coefficient (Wildman–Crippen LogP) is 2.25. The topological polar surface area (TPSA) is 66.7 Å². The van der Waals surface area contributed by atoms with Crippen LogP contribution < -0.4 is 5.32 Å². The van der Waals surface area contributed by atoms with Crippen LogP contribution in [-0.4, -0.2) is 22.0 Å². The van der Waals surface area contributed by atoms with Gasteiger partial charge in [-0.15, -0.1) is 0 Å². The second-order valence-electron chi connectivity index (χ2n) is 4.22. The number of imidazole rings is 1. The van der Waals surface area contributed by atoms with Gasteiger partial charge in [0.1, 0.15) is 11.3 Å². The molecular formula is C13H14N4O. The molecule has 0 spiro atoms. The highest BCUT2D eigenvalue weighted by Crippen LogP contribution is 2.25. The van der Waals surface area contributed by atoms with Crippen LogP contribution in [0.5, 0.6) is 0 Å². The number of benzene rings is 1. The highest BCUT2D eigenvalue weighted by atomic mass is 16.3. The summed E-state index contributed by atoms with van der Waals surface area (Å²) in [6, 6.07) is 5.92. The molecule has 0 aliphatic carbocycles. The van der Waals surface area contributed by atoms with E-state index >= 15 is 0 Å². The summed E-state index contributed by atoms with van der Waals surface area (Å²) in [5, 5.41) is 3.08. The molecule has 5 nitrogen and oxygen atoms in total. The van der Waals surface area contributed by atoms with Crippen LogP contribution in [-0.2, 0) is 6.54 Å². The largest absolute Gasteiger partial charge is 0.443 e. The van der Waals surface area contributed by atoms with E-state index in [0.717, 1.165) is 40.4 Å². The standard InChI is InChI=1S/C13H14N4O/c1-8-13(17-12(16-8)6-14-2)9-3-4-10-11(5-9)18-7-15-10/h3-5,7,14H,6H2,1-2H3,(H,16,17). The molecule has 3 rings (SSSR count). The normalized spacial score (nSPS) is 11.2. The van der Waals surface area contributed by atoms with E-state index in [2.05, 4.69) is 20.3 Å². The number of oxazole rings is 1. The van der Waals surface area contributed by atoms with Crippen molar-refractivity contribution in [2.45, 2.75) is 13.5 Å². The van der Waals surface area contributed by atoms with E-state index in [0.29, 0.717) is 0 Å². The predicted molar refractivity (Wildman–Crippen MR) is 69.1 cm³/mol. The minimum atomic E-state index is 0.728. The summed E-state index contributed by atoms with van der Waals surface area (Å²) in [7, 11) is 1.90. The van der Waals surface area contributed by atoms with Crippen LogP contribution in [0.15, 0.2) is 29.0 Å². The van der Waals surface area contributed by atoms with E-state index in [9.17, 15) is 0 Å². The Labute approximate surface area is 104 Å². The average Bonchev–Trinajstić information content (AvgIpc) is 2.95. The number of rotatable bonds is 3. The van der Waals surface area contributed by atoms with Crippen LogP contribution in [0.1, 0.15) is 11.5 Å². The van der Waals surface area contributed by atoms with Crippen molar-refractivity contribution in [3.8, 4) is 11.3 Å². The van der Waals surface area contributed by atoms with Gasteiger partial charge in [0, 0.05) is 11.3 Å². The summed E-state index contributed by atoms with van der Waals surface area (Å²) in [5.74, 6) is 0.933. The summed E-state index contributed by atoms with van der Waals surface area (Å²) in [4.78, 5) is 12.0. The zero-order chi connectivity index (χ0) is 12.5. The lowest BCUT2D eigenvalue weighted by atomic mass is 10.1. The first-order chi connectivity index (χ1) is 8.78. The molecular weight excluding hydrogens is 228 g/mol. The maximum absolute atomic E-state index is 5.31. The Bertz CT molecular complexity index is 683. The van der Waals surface area contributed by atoms with Gasteiger partial charge in [-0.3, -0.25) is 0 Å². The lowest BCUT2D eigenvalue weighted by Gasteiger charge is -1.97. The van der Waals surface area contributed by atoms with Crippen LogP contribution in [0.25, 0.3) is 22.4 Å². The second kappa shape index (κ2) is 4.27. The summed E-state index contributed by atoms with van der Waals surface area (Å²) in [6.07, 6.45) is 1.46. The molecule has 2 aromatic heterocycles. The van der Waals surface area contributed by atoms with E-state index in [1.807, 2.05) is 32.2 Å². The molecule has 0 saturated heterocycles. The SMILES string of the molecule is CNCc1nc(-c2ccc3ncoc3c2)c(C)[nH]1. The molecule has 5 heteroatoms. The van der Waals surface area contributed by atoms with Crippen LogP contribution >= 0.6 is 0 Å². The molecule has 1 aromatic carbocycles. The van der Waals surface area contributed by atoms with Crippen molar-refractivity contribution in [3.05, 3.63) is 36.1 Å². The third kappa shape index (κ3) is 1.78. The average molecular weight is 242 g/mol. The number of hydrogen-bond acceptors (Lipinski definition) is 4. The zero-order valence-corrected chi connectivity index (χ0v) is 10.3. The molecule has 0 aliphatic heterocycles. The number of aromatic amines is 1. The van der Waals surface area contributed by atoms with Gasteiger partial charge in [0.25, 0.3) is 0 Å². The summed E-state index contributed by atoms with van der Waals surface area (Å²) in [6.45, 7) is 2.75. The summed E-state index contributed by atoms with van der Waals surface area (Å²) in [5.41, 5.74) is 4.69. The Balaban J connectivity index is 2.07. The Morgan fingerprint density at radius 1 is 1.39 bits per heavy atom. The number of fused-ring (bicyclic) bond motifs is 1. The van der Waals surface area contributed by atoms with Crippen LogP contribution in [0.2, 0.25) is 0 Å². The van der Waals surface area contributed by atoms with Gasteiger partial charge in [-0.05, 0) is 26.1 Å². The monoisotopic (exact) mass is 242 g/mol. The van der Waals surface area contributed by atoms with E-state index in [1.54, 1.807) is 0 Å². The van der Waals surface area contributed by atoms with Gasteiger partial charge < -0.3 is 14.7 Å². The number of nitrogens with one attached hydrogen (secondary N) is 2.